The number of nitrogens with zero attached hydrogens (tertiary/aromatic N) is 3. The highest BCUT2D eigenvalue weighted by Gasteiger charge is 2.22. The lowest BCUT2D eigenvalue weighted by atomic mass is 10.1. The summed E-state index contributed by atoms with van der Waals surface area (Å²) in [5.41, 5.74) is -0.696. The number of carbonyl (C=O) groups excluding carboxylic acids is 1. The van der Waals surface area contributed by atoms with Gasteiger partial charge in [-0.3, -0.25) is 25.0 Å². The molecule has 0 bridgehead atoms. The molecule has 11 heteroatoms. The van der Waals surface area contributed by atoms with Gasteiger partial charge < -0.3 is 9.73 Å². The average Bonchev–Trinajstić information content (AvgIpc) is 3.19. The molecule has 0 aliphatic rings. The third-order valence-corrected chi connectivity index (χ3v) is 4.51. The number of nitro benzene ring substituents is 2. The molecule has 0 aliphatic carbocycles. The van der Waals surface area contributed by atoms with E-state index in [-0.39, 0.29) is 22.7 Å². The summed E-state index contributed by atoms with van der Waals surface area (Å²) in [6.07, 6.45) is 1.19. The van der Waals surface area contributed by atoms with Crippen LogP contribution in [0.4, 0.5) is 17.1 Å². The second kappa shape index (κ2) is 9.02. The molecular weight excluding hydrogens is 472 g/mol. The Labute approximate surface area is 182 Å². The number of furan rings is 1. The molecule has 1 aromatic heterocycles. The molecule has 1 amide bonds. The summed E-state index contributed by atoms with van der Waals surface area (Å²) in [6, 6.07) is 14.6. The van der Waals surface area contributed by atoms with Crippen LogP contribution in [0, 0.1) is 31.6 Å². The molecule has 3 rings (SSSR count). The second-order valence-corrected chi connectivity index (χ2v) is 6.97. The predicted octanol–water partition coefficient (Wildman–Crippen LogP) is 5.07. The van der Waals surface area contributed by atoms with Gasteiger partial charge in [0.2, 0.25) is 0 Å². The lowest BCUT2D eigenvalue weighted by Gasteiger charge is -2.04. The molecular formula is C20H11BrN4O6. The van der Waals surface area contributed by atoms with E-state index < -0.39 is 27.1 Å². The minimum Gasteiger partial charge on any atom is -0.456 e. The summed E-state index contributed by atoms with van der Waals surface area (Å²) < 4.78 is 6.27. The highest BCUT2D eigenvalue weighted by molar-refractivity contribution is 9.10. The molecule has 0 unspecified atom stereocenters. The lowest BCUT2D eigenvalue weighted by molar-refractivity contribution is -0.393. The summed E-state index contributed by atoms with van der Waals surface area (Å²) in [6.45, 7) is 0. The van der Waals surface area contributed by atoms with Crippen molar-refractivity contribution in [2.75, 3.05) is 5.32 Å². The maximum atomic E-state index is 12.4. The van der Waals surface area contributed by atoms with E-state index in [1.807, 2.05) is 0 Å². The number of rotatable bonds is 6. The van der Waals surface area contributed by atoms with Crippen LogP contribution in [0.15, 0.2) is 69.1 Å². The van der Waals surface area contributed by atoms with Crippen LogP contribution >= 0.6 is 15.9 Å². The van der Waals surface area contributed by atoms with Gasteiger partial charge in [-0.25, -0.2) is 0 Å². The quantitative estimate of drug-likeness (QED) is 0.222. The first-order chi connectivity index (χ1) is 14.8. The van der Waals surface area contributed by atoms with Crippen molar-refractivity contribution in [1.29, 1.82) is 5.26 Å². The maximum absolute atomic E-state index is 12.4. The number of nitriles is 1. The second-order valence-electron chi connectivity index (χ2n) is 6.05. The Morgan fingerprint density at radius 1 is 1.10 bits per heavy atom. The molecule has 31 heavy (non-hydrogen) atoms. The van der Waals surface area contributed by atoms with Crippen LogP contribution in [-0.4, -0.2) is 15.8 Å². The van der Waals surface area contributed by atoms with Gasteiger partial charge in [0, 0.05) is 22.3 Å². The van der Waals surface area contributed by atoms with Crippen LogP contribution in [0.5, 0.6) is 0 Å². The van der Waals surface area contributed by atoms with Gasteiger partial charge in [0.1, 0.15) is 23.2 Å². The van der Waals surface area contributed by atoms with Crippen LogP contribution in [0.1, 0.15) is 5.76 Å². The standard InChI is InChI=1S/C20H11BrN4O6/c21-13-2-1-3-14(9-13)23-20(26)12(11-22)8-16-5-7-19(31-16)17-6-4-15(24(27)28)10-18(17)25(29)30/h1-10H,(H,23,26)/b12-8-. The zero-order chi connectivity index (χ0) is 22.5. The largest absolute Gasteiger partial charge is 0.456 e. The number of hydrogen-bond acceptors (Lipinski definition) is 7. The molecule has 10 nitrogen and oxygen atoms in total. The Morgan fingerprint density at radius 3 is 2.52 bits per heavy atom. The molecule has 0 spiro atoms. The number of anilines is 1. The van der Waals surface area contributed by atoms with Crippen molar-refractivity contribution in [3.8, 4) is 17.4 Å². The average molecular weight is 483 g/mol. The molecule has 1 heterocycles. The third kappa shape index (κ3) is 5.01. The van der Waals surface area contributed by atoms with Gasteiger partial charge >= 0.3 is 0 Å². The number of benzene rings is 2. The van der Waals surface area contributed by atoms with Crippen molar-refractivity contribution < 1.29 is 19.1 Å². The smallest absolute Gasteiger partial charge is 0.287 e. The molecule has 0 aliphatic heterocycles. The fourth-order valence-electron chi connectivity index (χ4n) is 2.62. The maximum Gasteiger partial charge on any atom is 0.287 e. The van der Waals surface area contributed by atoms with Crippen LogP contribution in [0.25, 0.3) is 17.4 Å². The monoisotopic (exact) mass is 482 g/mol. The van der Waals surface area contributed by atoms with Crippen molar-refractivity contribution in [2.24, 2.45) is 0 Å². The zero-order valence-electron chi connectivity index (χ0n) is 15.4. The summed E-state index contributed by atoms with van der Waals surface area (Å²) in [5, 5.41) is 34.1. The summed E-state index contributed by atoms with van der Waals surface area (Å²) in [4.78, 5) is 33.1. The molecule has 0 saturated heterocycles. The normalized spacial score (nSPS) is 10.9. The van der Waals surface area contributed by atoms with E-state index in [9.17, 15) is 30.3 Å². The van der Waals surface area contributed by atoms with Crippen LogP contribution in [0.3, 0.4) is 0 Å². The van der Waals surface area contributed by atoms with Gasteiger partial charge in [-0.1, -0.05) is 22.0 Å². The molecule has 2 aromatic carbocycles. The van der Waals surface area contributed by atoms with Crippen molar-refractivity contribution in [1.82, 2.24) is 0 Å². The highest BCUT2D eigenvalue weighted by atomic mass is 79.9. The van der Waals surface area contributed by atoms with E-state index >= 15 is 0 Å². The Hall–Kier alpha value is -4.30. The third-order valence-electron chi connectivity index (χ3n) is 4.02. The van der Waals surface area contributed by atoms with E-state index in [0.29, 0.717) is 5.69 Å². The first kappa shape index (κ1) is 21.4. The number of nitro groups is 2. The fourth-order valence-corrected chi connectivity index (χ4v) is 3.02. The predicted molar refractivity (Wildman–Crippen MR) is 114 cm³/mol. The number of nitrogens with one attached hydrogen (secondary N) is 1. The fraction of sp³-hybridized carbons (Fsp3) is 0. The minimum absolute atomic E-state index is 0.0207. The number of non-ortho nitro benzene ring substituents is 1. The molecule has 0 fully saturated rings. The van der Waals surface area contributed by atoms with Gasteiger partial charge in [0.15, 0.2) is 0 Å². The molecule has 0 radical (unpaired) electrons. The number of amides is 1. The molecule has 1 N–H and O–H groups in total. The zero-order valence-corrected chi connectivity index (χ0v) is 17.0. The molecule has 0 atom stereocenters. The van der Waals surface area contributed by atoms with Crippen LogP contribution in [-0.2, 0) is 4.79 Å². The van der Waals surface area contributed by atoms with E-state index in [1.54, 1.807) is 30.3 Å². The molecule has 154 valence electrons. The van der Waals surface area contributed by atoms with E-state index in [0.717, 1.165) is 16.6 Å². The first-order valence-electron chi connectivity index (χ1n) is 8.50. The van der Waals surface area contributed by atoms with Gasteiger partial charge in [-0.05, 0) is 36.4 Å². The van der Waals surface area contributed by atoms with E-state index in [4.69, 9.17) is 4.42 Å². The Bertz CT molecular complexity index is 1270. The number of halogens is 1. The highest BCUT2D eigenvalue weighted by Crippen LogP contribution is 2.34. The molecule has 3 aromatic rings. The van der Waals surface area contributed by atoms with Gasteiger partial charge in [0.25, 0.3) is 17.3 Å². The summed E-state index contributed by atoms with van der Waals surface area (Å²) in [5.74, 6) is -0.513. The Balaban J connectivity index is 1.90. The van der Waals surface area contributed by atoms with Gasteiger partial charge in [-0.2, -0.15) is 5.26 Å². The first-order valence-corrected chi connectivity index (χ1v) is 9.29. The number of hydrogen-bond donors (Lipinski definition) is 1. The van der Waals surface area contributed by atoms with Crippen LogP contribution < -0.4 is 5.32 Å². The van der Waals surface area contributed by atoms with Crippen molar-refractivity contribution >= 4 is 45.0 Å². The SMILES string of the molecule is N#C/C(=C/c1ccc(-c2ccc([N+](=O)[O-])cc2[N+](=O)[O-])o1)C(=O)Nc1cccc(Br)c1. The van der Waals surface area contributed by atoms with E-state index in [1.165, 1.54) is 24.3 Å². The molecule has 0 saturated carbocycles. The van der Waals surface area contributed by atoms with Crippen molar-refractivity contribution in [3.05, 3.63) is 90.6 Å². The number of carbonyl (C=O) groups is 1. The lowest BCUT2D eigenvalue weighted by Crippen LogP contribution is -2.13. The van der Waals surface area contributed by atoms with Gasteiger partial charge in [-0.15, -0.1) is 0 Å². The Morgan fingerprint density at radius 2 is 1.87 bits per heavy atom. The van der Waals surface area contributed by atoms with E-state index in [2.05, 4.69) is 21.2 Å². The van der Waals surface area contributed by atoms with Crippen LogP contribution in [0.2, 0.25) is 0 Å². The van der Waals surface area contributed by atoms with Crippen molar-refractivity contribution in [2.45, 2.75) is 0 Å². The summed E-state index contributed by atoms with van der Waals surface area (Å²) >= 11 is 3.28. The van der Waals surface area contributed by atoms with Crippen molar-refractivity contribution in [3.63, 3.8) is 0 Å². The Kier molecular flexibility index (Phi) is 6.23. The summed E-state index contributed by atoms with van der Waals surface area (Å²) in [7, 11) is 0. The topological polar surface area (TPSA) is 152 Å². The van der Waals surface area contributed by atoms with Gasteiger partial charge in [0.05, 0.1) is 21.5 Å². The minimum atomic E-state index is -0.757.